The van der Waals surface area contributed by atoms with Gasteiger partial charge in [-0.1, -0.05) is 0 Å². The lowest BCUT2D eigenvalue weighted by atomic mass is 10.1. The average molecular weight is 384 g/mol. The van der Waals surface area contributed by atoms with E-state index in [-0.39, 0.29) is 10.8 Å². The Morgan fingerprint density at radius 3 is 2.33 bits per heavy atom. The lowest BCUT2D eigenvalue weighted by Gasteiger charge is -2.16. The Kier molecular flexibility index (Phi) is 4.95. The highest BCUT2D eigenvalue weighted by Crippen LogP contribution is 2.26. The minimum atomic E-state index is -3.60. The normalized spacial score (nSPS) is 11.7. The molecule has 0 atom stereocenters. The summed E-state index contributed by atoms with van der Waals surface area (Å²) in [4.78, 5) is 21.2. The minimum absolute atomic E-state index is 0.135. The van der Waals surface area contributed by atoms with Gasteiger partial charge in [-0.3, -0.25) is 14.8 Å². The first kappa shape index (κ1) is 18.9. The van der Waals surface area contributed by atoms with Crippen LogP contribution in [0.1, 0.15) is 21.5 Å². The Labute approximate surface area is 158 Å². The first-order valence-corrected chi connectivity index (χ1v) is 9.70. The van der Waals surface area contributed by atoms with Crippen LogP contribution in [0.4, 0.5) is 5.69 Å². The van der Waals surface area contributed by atoms with E-state index in [1.54, 1.807) is 36.7 Å². The fourth-order valence-electron chi connectivity index (χ4n) is 2.61. The third-order valence-electron chi connectivity index (χ3n) is 4.40. The molecule has 0 aliphatic heterocycles. The number of fused-ring (bicyclic) bond motifs is 1. The SMILES string of the molecule is Cc1cc(S(=O)(=O)N(C)C)cc(NC(=O)c2ccc3nccnc3c2)c1C. The standard InChI is InChI=1S/C19H20N4O3S/c1-12-9-15(27(25,26)23(3)4)11-17(13(12)2)22-19(24)14-5-6-16-18(10-14)21-8-7-20-16/h5-11H,1-4H3,(H,22,24). The Hall–Kier alpha value is -2.84. The number of aryl methyl sites for hydroxylation is 1. The quantitative estimate of drug-likeness (QED) is 0.747. The Balaban J connectivity index is 1.98. The smallest absolute Gasteiger partial charge is 0.255 e. The van der Waals surface area contributed by atoms with Gasteiger partial charge in [0.25, 0.3) is 5.91 Å². The fourth-order valence-corrected chi connectivity index (χ4v) is 3.63. The van der Waals surface area contributed by atoms with Crippen LogP contribution in [0.15, 0.2) is 47.6 Å². The van der Waals surface area contributed by atoms with Gasteiger partial charge in [-0.15, -0.1) is 0 Å². The predicted octanol–water partition coefficient (Wildman–Crippen LogP) is 2.75. The van der Waals surface area contributed by atoms with Crippen molar-refractivity contribution in [2.24, 2.45) is 0 Å². The molecule has 0 aliphatic carbocycles. The highest BCUT2D eigenvalue weighted by molar-refractivity contribution is 7.89. The number of aromatic nitrogens is 2. The van der Waals surface area contributed by atoms with Gasteiger partial charge in [0.15, 0.2) is 0 Å². The highest BCUT2D eigenvalue weighted by atomic mass is 32.2. The summed E-state index contributed by atoms with van der Waals surface area (Å²) in [5, 5.41) is 2.81. The van der Waals surface area contributed by atoms with Crippen LogP contribution in [0.5, 0.6) is 0 Å². The molecule has 1 aromatic heterocycles. The molecule has 1 amide bonds. The molecule has 140 valence electrons. The summed E-state index contributed by atoms with van der Waals surface area (Å²) in [6.07, 6.45) is 3.15. The van der Waals surface area contributed by atoms with Crippen LogP contribution in [0.25, 0.3) is 11.0 Å². The molecule has 3 rings (SSSR count). The topological polar surface area (TPSA) is 92.3 Å². The molecule has 0 fully saturated rings. The largest absolute Gasteiger partial charge is 0.322 e. The van der Waals surface area contributed by atoms with E-state index in [9.17, 15) is 13.2 Å². The number of anilines is 1. The van der Waals surface area contributed by atoms with Crippen molar-refractivity contribution in [3.63, 3.8) is 0 Å². The number of carbonyl (C=O) groups is 1. The molecule has 8 heteroatoms. The van der Waals surface area contributed by atoms with Crippen molar-refractivity contribution in [2.45, 2.75) is 18.7 Å². The van der Waals surface area contributed by atoms with Crippen LogP contribution in [0.2, 0.25) is 0 Å². The van der Waals surface area contributed by atoms with Gasteiger partial charge in [-0.2, -0.15) is 0 Å². The van der Waals surface area contributed by atoms with Crippen molar-refractivity contribution in [1.82, 2.24) is 14.3 Å². The lowest BCUT2D eigenvalue weighted by Crippen LogP contribution is -2.23. The lowest BCUT2D eigenvalue weighted by molar-refractivity contribution is 0.102. The number of carbonyl (C=O) groups excluding carboxylic acids is 1. The molecule has 0 aliphatic rings. The number of sulfonamides is 1. The van der Waals surface area contributed by atoms with Gasteiger partial charge in [-0.05, 0) is 55.3 Å². The van der Waals surface area contributed by atoms with Crippen molar-refractivity contribution in [3.05, 3.63) is 59.4 Å². The highest BCUT2D eigenvalue weighted by Gasteiger charge is 2.20. The number of amides is 1. The van der Waals surface area contributed by atoms with Crippen LogP contribution >= 0.6 is 0 Å². The third kappa shape index (κ3) is 3.67. The van der Waals surface area contributed by atoms with Crippen molar-refractivity contribution in [3.8, 4) is 0 Å². The molecule has 27 heavy (non-hydrogen) atoms. The molecule has 0 unspecified atom stereocenters. The zero-order valence-corrected chi connectivity index (χ0v) is 16.3. The maximum absolute atomic E-state index is 12.7. The van der Waals surface area contributed by atoms with Crippen molar-refractivity contribution in [2.75, 3.05) is 19.4 Å². The van der Waals surface area contributed by atoms with Crippen LogP contribution in [0.3, 0.4) is 0 Å². The second-order valence-electron chi connectivity index (χ2n) is 6.41. The summed E-state index contributed by atoms with van der Waals surface area (Å²) < 4.78 is 26.0. The van der Waals surface area contributed by atoms with Crippen LogP contribution in [-0.4, -0.2) is 42.7 Å². The van der Waals surface area contributed by atoms with Gasteiger partial charge in [0, 0.05) is 37.7 Å². The van der Waals surface area contributed by atoms with Crippen LogP contribution in [-0.2, 0) is 10.0 Å². The second-order valence-corrected chi connectivity index (χ2v) is 8.57. The maximum atomic E-state index is 12.7. The van der Waals surface area contributed by atoms with E-state index in [4.69, 9.17) is 0 Å². The number of nitrogens with zero attached hydrogens (tertiary/aromatic N) is 3. The molecular formula is C19H20N4O3S. The van der Waals surface area contributed by atoms with Crippen LogP contribution < -0.4 is 5.32 Å². The van der Waals surface area contributed by atoms with Crippen molar-refractivity contribution < 1.29 is 13.2 Å². The van der Waals surface area contributed by atoms with Gasteiger partial charge in [0.2, 0.25) is 10.0 Å². The molecule has 0 spiro atoms. The van der Waals surface area contributed by atoms with Gasteiger partial charge in [0.1, 0.15) is 0 Å². The Bertz CT molecular complexity index is 1140. The first-order chi connectivity index (χ1) is 12.7. The zero-order valence-electron chi connectivity index (χ0n) is 15.5. The maximum Gasteiger partial charge on any atom is 0.255 e. The molecule has 0 bridgehead atoms. The molecule has 0 radical (unpaired) electrons. The second kappa shape index (κ2) is 7.05. The van der Waals surface area contributed by atoms with Gasteiger partial charge in [0.05, 0.1) is 15.9 Å². The molecular weight excluding hydrogens is 364 g/mol. The minimum Gasteiger partial charge on any atom is -0.322 e. The number of hydrogen-bond acceptors (Lipinski definition) is 5. The number of nitrogens with one attached hydrogen (secondary N) is 1. The molecule has 7 nitrogen and oxygen atoms in total. The monoisotopic (exact) mass is 384 g/mol. The van der Waals surface area contributed by atoms with E-state index < -0.39 is 10.0 Å². The van der Waals surface area contributed by atoms with Gasteiger partial charge >= 0.3 is 0 Å². The zero-order chi connectivity index (χ0) is 19.8. The van der Waals surface area contributed by atoms with E-state index in [1.807, 2.05) is 13.8 Å². The van der Waals surface area contributed by atoms with Crippen LogP contribution in [0, 0.1) is 13.8 Å². The summed E-state index contributed by atoms with van der Waals surface area (Å²) in [6, 6.07) is 8.12. The number of rotatable bonds is 4. The number of hydrogen-bond donors (Lipinski definition) is 1. The number of benzene rings is 2. The van der Waals surface area contributed by atoms with Crippen molar-refractivity contribution in [1.29, 1.82) is 0 Å². The van der Waals surface area contributed by atoms with E-state index >= 15 is 0 Å². The van der Waals surface area contributed by atoms with E-state index in [0.717, 1.165) is 15.4 Å². The predicted molar refractivity (Wildman–Crippen MR) is 104 cm³/mol. The summed E-state index contributed by atoms with van der Waals surface area (Å²) in [5.74, 6) is -0.343. The third-order valence-corrected chi connectivity index (χ3v) is 6.19. The van der Waals surface area contributed by atoms with Gasteiger partial charge in [-0.25, -0.2) is 12.7 Å². The average Bonchev–Trinajstić information content (AvgIpc) is 2.64. The molecule has 0 saturated carbocycles. The molecule has 3 aromatic rings. The Morgan fingerprint density at radius 2 is 1.67 bits per heavy atom. The molecule has 2 aromatic carbocycles. The molecule has 1 heterocycles. The first-order valence-electron chi connectivity index (χ1n) is 8.26. The molecule has 1 N–H and O–H groups in total. The Morgan fingerprint density at radius 1 is 1.00 bits per heavy atom. The summed E-state index contributed by atoms with van der Waals surface area (Å²) >= 11 is 0. The summed E-state index contributed by atoms with van der Waals surface area (Å²) in [7, 11) is -0.662. The summed E-state index contributed by atoms with van der Waals surface area (Å²) in [5.41, 5.74) is 3.77. The van der Waals surface area contributed by atoms with E-state index in [0.29, 0.717) is 22.3 Å². The van der Waals surface area contributed by atoms with Gasteiger partial charge < -0.3 is 5.32 Å². The fraction of sp³-hybridized carbons (Fsp3) is 0.211. The van der Waals surface area contributed by atoms with E-state index in [2.05, 4.69) is 15.3 Å². The molecule has 0 saturated heterocycles. The van der Waals surface area contributed by atoms with E-state index in [1.165, 1.54) is 20.2 Å². The van der Waals surface area contributed by atoms with Crippen molar-refractivity contribution >= 4 is 32.7 Å². The summed E-state index contributed by atoms with van der Waals surface area (Å²) in [6.45, 7) is 3.65.